The summed E-state index contributed by atoms with van der Waals surface area (Å²) in [5, 5.41) is 10.4. The summed E-state index contributed by atoms with van der Waals surface area (Å²) in [6.45, 7) is 11.5. The molecule has 2 nitrogen and oxygen atoms in total. The molecule has 1 N–H and O–H groups in total. The van der Waals surface area contributed by atoms with Gasteiger partial charge in [-0.2, -0.15) is 0 Å². The van der Waals surface area contributed by atoms with Crippen molar-refractivity contribution in [3.05, 3.63) is 29.8 Å². The summed E-state index contributed by atoms with van der Waals surface area (Å²) in [5.74, 6) is 1.30. The van der Waals surface area contributed by atoms with Crippen molar-refractivity contribution < 1.29 is 9.84 Å². The molecule has 0 saturated carbocycles. The van der Waals surface area contributed by atoms with Crippen molar-refractivity contribution in [3.8, 4) is 5.75 Å². The normalized spacial score (nSPS) is 15.1. The van der Waals surface area contributed by atoms with Gasteiger partial charge in [0, 0.05) is 5.56 Å². The second kappa shape index (κ2) is 6.95. The lowest BCUT2D eigenvalue weighted by atomic mass is 9.82. The quantitative estimate of drug-likeness (QED) is 0.815. The van der Waals surface area contributed by atoms with Crippen LogP contribution in [0.2, 0.25) is 0 Å². The van der Waals surface area contributed by atoms with E-state index in [1.165, 1.54) is 0 Å². The molecule has 2 heteroatoms. The van der Waals surface area contributed by atoms with Gasteiger partial charge in [-0.25, -0.2) is 0 Å². The first-order valence-corrected chi connectivity index (χ1v) is 7.23. The number of benzene rings is 1. The van der Waals surface area contributed by atoms with Crippen LogP contribution < -0.4 is 4.74 Å². The fourth-order valence-corrected chi connectivity index (χ4v) is 2.68. The Balaban J connectivity index is 2.69. The van der Waals surface area contributed by atoms with Crippen LogP contribution in [0, 0.1) is 11.3 Å². The minimum atomic E-state index is -0.444. The maximum Gasteiger partial charge on any atom is 0.125 e. The number of aliphatic hydroxyl groups excluding tert-OH is 1. The average Bonchev–Trinajstić information content (AvgIpc) is 2.27. The van der Waals surface area contributed by atoms with Crippen LogP contribution >= 0.6 is 0 Å². The van der Waals surface area contributed by atoms with Crippen LogP contribution in [0.4, 0.5) is 0 Å². The number of aliphatic hydroxyl groups is 1. The molecule has 0 aliphatic heterocycles. The van der Waals surface area contributed by atoms with Crippen molar-refractivity contribution in [2.45, 2.75) is 53.6 Å². The molecule has 0 bridgehead atoms. The van der Waals surface area contributed by atoms with Gasteiger partial charge in [0.1, 0.15) is 5.75 Å². The zero-order valence-corrected chi connectivity index (χ0v) is 12.9. The summed E-state index contributed by atoms with van der Waals surface area (Å²) in [5.41, 5.74) is 1.21. The van der Waals surface area contributed by atoms with Crippen molar-refractivity contribution >= 4 is 0 Å². The van der Waals surface area contributed by atoms with Crippen LogP contribution in [0.5, 0.6) is 5.75 Å². The fraction of sp³-hybridized carbons (Fsp3) is 0.647. The van der Waals surface area contributed by atoms with E-state index < -0.39 is 6.10 Å². The topological polar surface area (TPSA) is 29.5 Å². The van der Waals surface area contributed by atoms with E-state index in [-0.39, 0.29) is 0 Å². The van der Waals surface area contributed by atoms with Crippen LogP contribution in [0.15, 0.2) is 24.3 Å². The molecule has 0 radical (unpaired) electrons. The maximum atomic E-state index is 10.4. The average molecular weight is 264 g/mol. The smallest absolute Gasteiger partial charge is 0.125 e. The molecule has 0 amide bonds. The molecule has 0 heterocycles. The third kappa shape index (κ3) is 5.65. The maximum absolute atomic E-state index is 10.4. The molecule has 1 aromatic carbocycles. The molecular formula is C17H28O2. The lowest BCUT2D eigenvalue weighted by Crippen LogP contribution is -2.14. The van der Waals surface area contributed by atoms with Gasteiger partial charge in [0.2, 0.25) is 0 Å². The molecule has 0 aromatic heterocycles. The predicted octanol–water partition coefficient (Wildman–Crippen LogP) is 4.58. The zero-order chi connectivity index (χ0) is 14.5. The molecule has 1 rings (SSSR count). The molecule has 0 fully saturated rings. The van der Waals surface area contributed by atoms with Gasteiger partial charge in [-0.3, -0.25) is 0 Å². The van der Waals surface area contributed by atoms with Gasteiger partial charge in [0.15, 0.2) is 0 Å². The first kappa shape index (κ1) is 16.0. The van der Waals surface area contributed by atoms with Gasteiger partial charge in [-0.15, -0.1) is 0 Å². The Labute approximate surface area is 117 Å². The third-order valence-corrected chi connectivity index (χ3v) is 3.16. The second-order valence-electron chi connectivity index (χ2n) is 6.59. The lowest BCUT2D eigenvalue weighted by Gasteiger charge is -2.25. The summed E-state index contributed by atoms with van der Waals surface area (Å²) in [6, 6.07) is 7.78. The first-order valence-electron chi connectivity index (χ1n) is 7.23. The van der Waals surface area contributed by atoms with Gasteiger partial charge in [0.25, 0.3) is 0 Å². The van der Waals surface area contributed by atoms with E-state index in [4.69, 9.17) is 4.74 Å². The highest BCUT2D eigenvalue weighted by atomic mass is 16.5. The molecule has 0 spiro atoms. The van der Waals surface area contributed by atoms with Gasteiger partial charge in [0.05, 0.1) is 12.7 Å². The Morgan fingerprint density at radius 2 is 1.84 bits per heavy atom. The molecule has 108 valence electrons. The standard InChI is InChI=1S/C17H28O2/c1-6-19-16-10-8-7-9-14(16)15(18)11-13(2)12-17(3,4)5/h7-10,13,15,18H,6,11-12H2,1-5H3. The summed E-state index contributed by atoms with van der Waals surface area (Å²) in [7, 11) is 0. The third-order valence-electron chi connectivity index (χ3n) is 3.16. The highest BCUT2D eigenvalue weighted by Crippen LogP contribution is 2.33. The number of hydrogen-bond donors (Lipinski definition) is 1. The van der Waals surface area contributed by atoms with Crippen LogP contribution in [0.25, 0.3) is 0 Å². The Kier molecular flexibility index (Phi) is 5.86. The van der Waals surface area contributed by atoms with Crippen LogP contribution in [0.3, 0.4) is 0 Å². The SMILES string of the molecule is CCOc1ccccc1C(O)CC(C)CC(C)(C)C. The molecule has 2 unspecified atom stereocenters. The van der Waals surface area contributed by atoms with E-state index in [2.05, 4.69) is 27.7 Å². The molecule has 1 aromatic rings. The van der Waals surface area contributed by atoms with E-state index in [0.717, 1.165) is 24.2 Å². The van der Waals surface area contributed by atoms with Gasteiger partial charge >= 0.3 is 0 Å². The van der Waals surface area contributed by atoms with Crippen LogP contribution in [-0.2, 0) is 0 Å². The van der Waals surface area contributed by atoms with E-state index in [9.17, 15) is 5.11 Å². The summed E-state index contributed by atoms with van der Waals surface area (Å²) < 4.78 is 5.58. The predicted molar refractivity (Wildman–Crippen MR) is 80.4 cm³/mol. The van der Waals surface area contributed by atoms with Crippen molar-refractivity contribution in [3.63, 3.8) is 0 Å². The molecule has 2 atom stereocenters. The largest absolute Gasteiger partial charge is 0.493 e. The van der Waals surface area contributed by atoms with Crippen molar-refractivity contribution in [2.24, 2.45) is 11.3 Å². The summed E-state index contributed by atoms with van der Waals surface area (Å²) in [4.78, 5) is 0. The molecule has 0 aliphatic rings. The molecule has 0 saturated heterocycles. The summed E-state index contributed by atoms with van der Waals surface area (Å²) >= 11 is 0. The summed E-state index contributed by atoms with van der Waals surface area (Å²) in [6.07, 6.45) is 1.45. The number of hydrogen-bond acceptors (Lipinski definition) is 2. The monoisotopic (exact) mass is 264 g/mol. The minimum Gasteiger partial charge on any atom is -0.493 e. The number of para-hydroxylation sites is 1. The van der Waals surface area contributed by atoms with Gasteiger partial charge < -0.3 is 9.84 Å². The minimum absolute atomic E-state index is 0.304. The molecule has 19 heavy (non-hydrogen) atoms. The zero-order valence-electron chi connectivity index (χ0n) is 12.9. The molecule has 0 aliphatic carbocycles. The second-order valence-corrected chi connectivity index (χ2v) is 6.59. The van der Waals surface area contributed by atoms with Crippen molar-refractivity contribution in [2.75, 3.05) is 6.61 Å². The number of rotatable bonds is 6. The van der Waals surface area contributed by atoms with Crippen molar-refractivity contribution in [1.29, 1.82) is 0 Å². The van der Waals surface area contributed by atoms with Gasteiger partial charge in [-0.05, 0) is 37.2 Å². The van der Waals surface area contributed by atoms with E-state index in [1.807, 2.05) is 31.2 Å². The van der Waals surface area contributed by atoms with E-state index >= 15 is 0 Å². The highest BCUT2D eigenvalue weighted by molar-refractivity contribution is 5.35. The van der Waals surface area contributed by atoms with E-state index in [1.54, 1.807) is 0 Å². The Morgan fingerprint density at radius 3 is 2.42 bits per heavy atom. The Bertz CT molecular complexity index is 379. The van der Waals surface area contributed by atoms with Crippen LogP contribution in [-0.4, -0.2) is 11.7 Å². The van der Waals surface area contributed by atoms with Gasteiger partial charge in [-0.1, -0.05) is 45.9 Å². The molecular weight excluding hydrogens is 236 g/mol. The lowest BCUT2D eigenvalue weighted by molar-refractivity contribution is 0.130. The highest BCUT2D eigenvalue weighted by Gasteiger charge is 2.20. The fourth-order valence-electron chi connectivity index (χ4n) is 2.68. The first-order chi connectivity index (χ1) is 8.83. The Morgan fingerprint density at radius 1 is 1.21 bits per heavy atom. The van der Waals surface area contributed by atoms with E-state index in [0.29, 0.717) is 17.9 Å². The Hall–Kier alpha value is -1.02. The van der Waals surface area contributed by atoms with Crippen LogP contribution in [0.1, 0.15) is 59.1 Å². The number of ether oxygens (including phenoxy) is 1. The van der Waals surface area contributed by atoms with Crippen molar-refractivity contribution in [1.82, 2.24) is 0 Å².